The number of nitrogens with zero attached hydrogens (tertiary/aromatic N) is 1. The van der Waals surface area contributed by atoms with Crippen LogP contribution in [0.1, 0.15) is 35.3 Å². The fraction of sp³-hybridized carbons (Fsp3) is 0.333. The van der Waals surface area contributed by atoms with E-state index in [0.717, 1.165) is 23.9 Å². The van der Waals surface area contributed by atoms with Gasteiger partial charge in [0.15, 0.2) is 0 Å². The third-order valence-corrected chi connectivity index (χ3v) is 3.95. The van der Waals surface area contributed by atoms with Crippen molar-refractivity contribution in [2.24, 2.45) is 0 Å². The first-order valence-electron chi connectivity index (χ1n) is 6.62. The third-order valence-electron chi connectivity index (χ3n) is 3.95. The molecule has 1 unspecified atom stereocenters. The average molecular weight is 274 g/mol. The van der Waals surface area contributed by atoms with Crippen molar-refractivity contribution in [3.05, 3.63) is 45.5 Å². The summed E-state index contributed by atoms with van der Waals surface area (Å²) in [5.74, 6) is -0.871. The maximum atomic E-state index is 13.7. The van der Waals surface area contributed by atoms with E-state index in [1.54, 1.807) is 6.20 Å². The van der Waals surface area contributed by atoms with Crippen molar-refractivity contribution in [2.75, 3.05) is 7.05 Å². The summed E-state index contributed by atoms with van der Waals surface area (Å²) >= 11 is 0. The van der Waals surface area contributed by atoms with Crippen LogP contribution in [0.4, 0.5) is 4.39 Å². The van der Waals surface area contributed by atoms with Crippen LogP contribution in [-0.2, 0) is 6.42 Å². The molecule has 0 saturated carbocycles. The summed E-state index contributed by atoms with van der Waals surface area (Å²) in [5, 5.41) is 2.74. The Bertz CT molecular complexity index is 780. The molecule has 0 spiro atoms. The molecule has 0 fully saturated rings. The first-order valence-corrected chi connectivity index (χ1v) is 6.62. The van der Waals surface area contributed by atoms with Gasteiger partial charge in [-0.15, -0.1) is 0 Å². The number of aromatic nitrogens is 1. The van der Waals surface area contributed by atoms with Crippen molar-refractivity contribution in [3.63, 3.8) is 0 Å². The lowest BCUT2D eigenvalue weighted by molar-refractivity contribution is 0.0961. The molecule has 1 aromatic carbocycles. The molecule has 0 radical (unpaired) electrons. The quantitative estimate of drug-likeness (QED) is 0.864. The van der Waals surface area contributed by atoms with E-state index in [1.165, 1.54) is 19.2 Å². The highest BCUT2D eigenvalue weighted by molar-refractivity contribution is 5.97. The number of benzene rings is 1. The molecule has 2 heterocycles. The van der Waals surface area contributed by atoms with Crippen molar-refractivity contribution in [1.82, 2.24) is 9.88 Å². The molecule has 1 N–H and O–H groups in total. The Kier molecular flexibility index (Phi) is 2.85. The van der Waals surface area contributed by atoms with Gasteiger partial charge < -0.3 is 9.88 Å². The zero-order valence-corrected chi connectivity index (χ0v) is 11.4. The lowest BCUT2D eigenvalue weighted by atomic mass is 9.96. The number of hydrogen-bond acceptors (Lipinski definition) is 2. The molecule has 20 heavy (non-hydrogen) atoms. The topological polar surface area (TPSA) is 51.1 Å². The summed E-state index contributed by atoms with van der Waals surface area (Å²) in [6, 6.07) is 2.88. The van der Waals surface area contributed by atoms with Crippen molar-refractivity contribution >= 4 is 16.8 Å². The van der Waals surface area contributed by atoms with Gasteiger partial charge in [0.05, 0.1) is 5.52 Å². The lowest BCUT2D eigenvalue weighted by Crippen LogP contribution is -2.29. The van der Waals surface area contributed by atoms with Crippen LogP contribution >= 0.6 is 0 Å². The van der Waals surface area contributed by atoms with Crippen LogP contribution in [0.15, 0.2) is 23.1 Å². The van der Waals surface area contributed by atoms with Crippen LogP contribution in [0, 0.1) is 5.82 Å². The number of pyridine rings is 1. The minimum absolute atomic E-state index is 0.0605. The maximum Gasteiger partial charge on any atom is 0.256 e. The molecule has 0 aliphatic carbocycles. The number of carbonyl (C=O) groups excluding carboxylic acids is 1. The number of amides is 1. The summed E-state index contributed by atoms with van der Waals surface area (Å²) in [5.41, 5.74) is 1.23. The predicted octanol–water partition coefficient (Wildman–Crippen LogP) is 2.01. The highest BCUT2D eigenvalue weighted by Gasteiger charge is 2.23. The van der Waals surface area contributed by atoms with E-state index in [2.05, 4.69) is 5.32 Å². The normalized spacial score (nSPS) is 17.2. The number of nitrogens with one attached hydrogen (secondary N) is 1. The van der Waals surface area contributed by atoms with Crippen LogP contribution in [0.25, 0.3) is 10.9 Å². The molecule has 0 saturated heterocycles. The van der Waals surface area contributed by atoms with E-state index in [9.17, 15) is 14.0 Å². The van der Waals surface area contributed by atoms with E-state index in [1.807, 2.05) is 11.5 Å². The summed E-state index contributed by atoms with van der Waals surface area (Å²) in [6.07, 6.45) is 3.20. The first kappa shape index (κ1) is 12.8. The number of hydrogen-bond donors (Lipinski definition) is 1. The first-order chi connectivity index (χ1) is 9.52. The molecular formula is C15H15FN2O2. The summed E-state index contributed by atoms with van der Waals surface area (Å²) < 4.78 is 15.6. The summed E-state index contributed by atoms with van der Waals surface area (Å²) in [6.45, 7) is 2.03. The molecule has 1 aliphatic rings. The van der Waals surface area contributed by atoms with E-state index < -0.39 is 17.2 Å². The predicted molar refractivity (Wildman–Crippen MR) is 74.6 cm³/mol. The molecule has 0 bridgehead atoms. The van der Waals surface area contributed by atoms with Gasteiger partial charge in [-0.3, -0.25) is 9.59 Å². The van der Waals surface area contributed by atoms with Gasteiger partial charge in [-0.25, -0.2) is 4.39 Å². The van der Waals surface area contributed by atoms with Gasteiger partial charge in [0.25, 0.3) is 5.91 Å². The third kappa shape index (κ3) is 1.73. The Hall–Kier alpha value is -2.17. The van der Waals surface area contributed by atoms with E-state index in [-0.39, 0.29) is 17.0 Å². The molecule has 1 atom stereocenters. The molecule has 1 aromatic heterocycles. The van der Waals surface area contributed by atoms with Crippen molar-refractivity contribution in [2.45, 2.75) is 25.8 Å². The van der Waals surface area contributed by atoms with E-state index in [4.69, 9.17) is 0 Å². The maximum absolute atomic E-state index is 13.7. The number of aryl methyl sites for hydroxylation is 1. The SMILES string of the molecule is CNC(=O)c1cn2c3c(cc(F)cc3c1=O)CCC2C. The second kappa shape index (κ2) is 4.44. The van der Waals surface area contributed by atoms with Crippen LogP contribution in [0.2, 0.25) is 0 Å². The van der Waals surface area contributed by atoms with E-state index >= 15 is 0 Å². The van der Waals surface area contributed by atoms with Gasteiger partial charge in [0.2, 0.25) is 5.43 Å². The van der Waals surface area contributed by atoms with Crippen LogP contribution in [-0.4, -0.2) is 17.5 Å². The second-order valence-electron chi connectivity index (χ2n) is 5.21. The van der Waals surface area contributed by atoms with Crippen molar-refractivity contribution < 1.29 is 9.18 Å². The number of carbonyl (C=O) groups is 1. The fourth-order valence-corrected chi connectivity index (χ4v) is 2.88. The highest BCUT2D eigenvalue weighted by Crippen LogP contribution is 2.30. The minimum atomic E-state index is -0.441. The molecule has 2 aromatic rings. The van der Waals surface area contributed by atoms with Crippen LogP contribution < -0.4 is 10.7 Å². The van der Waals surface area contributed by atoms with Gasteiger partial charge in [-0.2, -0.15) is 0 Å². The smallest absolute Gasteiger partial charge is 0.256 e. The number of halogens is 1. The zero-order chi connectivity index (χ0) is 14.4. The molecule has 3 rings (SSSR count). The van der Waals surface area contributed by atoms with E-state index in [0.29, 0.717) is 0 Å². The molecule has 104 valence electrons. The van der Waals surface area contributed by atoms with Crippen molar-refractivity contribution in [3.8, 4) is 0 Å². The molecule has 4 nitrogen and oxygen atoms in total. The Balaban J connectivity index is 2.47. The molecule has 5 heteroatoms. The van der Waals surface area contributed by atoms with Gasteiger partial charge in [0, 0.05) is 24.7 Å². The monoisotopic (exact) mass is 274 g/mol. The second-order valence-corrected chi connectivity index (χ2v) is 5.21. The standard InChI is InChI=1S/C15H15FN2O2/c1-8-3-4-9-5-10(16)6-11-13(9)18(8)7-12(14(11)19)15(20)17-2/h5-8H,3-4H2,1-2H3,(H,17,20). The largest absolute Gasteiger partial charge is 0.355 e. The Labute approximate surface area is 115 Å². The van der Waals surface area contributed by atoms with Crippen LogP contribution in [0.3, 0.4) is 0 Å². The molecular weight excluding hydrogens is 259 g/mol. The number of rotatable bonds is 1. The molecule has 1 amide bonds. The average Bonchev–Trinajstić information content (AvgIpc) is 2.44. The molecule has 1 aliphatic heterocycles. The Morgan fingerprint density at radius 2 is 2.20 bits per heavy atom. The van der Waals surface area contributed by atoms with Gasteiger partial charge in [-0.1, -0.05) is 0 Å². The highest BCUT2D eigenvalue weighted by atomic mass is 19.1. The lowest BCUT2D eigenvalue weighted by Gasteiger charge is -2.26. The fourth-order valence-electron chi connectivity index (χ4n) is 2.88. The summed E-state index contributed by atoms with van der Waals surface area (Å²) in [4.78, 5) is 24.2. The van der Waals surface area contributed by atoms with Gasteiger partial charge in [0.1, 0.15) is 11.4 Å². The Morgan fingerprint density at radius 3 is 2.90 bits per heavy atom. The van der Waals surface area contributed by atoms with Gasteiger partial charge >= 0.3 is 0 Å². The summed E-state index contributed by atoms with van der Waals surface area (Å²) in [7, 11) is 1.47. The van der Waals surface area contributed by atoms with Crippen LogP contribution in [0.5, 0.6) is 0 Å². The Morgan fingerprint density at radius 1 is 1.45 bits per heavy atom. The minimum Gasteiger partial charge on any atom is -0.355 e. The van der Waals surface area contributed by atoms with Crippen molar-refractivity contribution in [1.29, 1.82) is 0 Å². The van der Waals surface area contributed by atoms with Gasteiger partial charge in [-0.05, 0) is 37.5 Å². The zero-order valence-electron chi connectivity index (χ0n) is 11.4.